The van der Waals surface area contributed by atoms with Gasteiger partial charge in [-0.05, 0) is 118 Å². The minimum atomic E-state index is 0.348. The van der Waals surface area contributed by atoms with Crippen molar-refractivity contribution in [3.8, 4) is 0 Å². The summed E-state index contributed by atoms with van der Waals surface area (Å²) in [7, 11) is 0. The molecule has 3 heteroatoms. The molecule has 0 aliphatic carbocycles. The van der Waals surface area contributed by atoms with Crippen molar-refractivity contribution in [2.24, 2.45) is 11.3 Å². The summed E-state index contributed by atoms with van der Waals surface area (Å²) in [5, 5.41) is 0. The Morgan fingerprint density at radius 3 is 1.72 bits per heavy atom. The zero-order valence-electron chi connectivity index (χ0n) is 17.9. The Labute approximate surface area is 157 Å². The van der Waals surface area contributed by atoms with Crippen molar-refractivity contribution in [1.29, 1.82) is 0 Å². The van der Waals surface area contributed by atoms with E-state index in [2.05, 4.69) is 56.2 Å². The molecule has 146 valence electrons. The summed E-state index contributed by atoms with van der Waals surface area (Å²) in [6.45, 7) is 23.5. The Morgan fingerprint density at radius 1 is 0.720 bits per heavy atom. The van der Waals surface area contributed by atoms with Gasteiger partial charge >= 0.3 is 0 Å². The summed E-state index contributed by atoms with van der Waals surface area (Å²) < 4.78 is 0. The number of piperidine rings is 2. The molecule has 25 heavy (non-hydrogen) atoms. The van der Waals surface area contributed by atoms with Gasteiger partial charge in [0.1, 0.15) is 0 Å². The molecule has 3 fully saturated rings. The van der Waals surface area contributed by atoms with Gasteiger partial charge in [-0.25, -0.2) is 0 Å². The molecule has 0 bridgehead atoms. The molecule has 0 atom stereocenters. The molecule has 0 N–H and O–H groups in total. The minimum absolute atomic E-state index is 0.348. The molecule has 3 nitrogen and oxygen atoms in total. The topological polar surface area (TPSA) is 9.72 Å². The fourth-order valence-corrected chi connectivity index (χ4v) is 5.40. The molecule has 3 aliphatic rings. The molecule has 3 rings (SSSR count). The van der Waals surface area contributed by atoms with Crippen LogP contribution in [0.5, 0.6) is 0 Å². The first-order valence-electron chi connectivity index (χ1n) is 10.8. The van der Waals surface area contributed by atoms with Gasteiger partial charge in [-0.15, -0.1) is 0 Å². The zero-order valence-corrected chi connectivity index (χ0v) is 17.9. The highest BCUT2D eigenvalue weighted by Crippen LogP contribution is 2.42. The van der Waals surface area contributed by atoms with Gasteiger partial charge in [0.2, 0.25) is 0 Å². The van der Waals surface area contributed by atoms with Gasteiger partial charge < -0.3 is 4.90 Å². The summed E-state index contributed by atoms with van der Waals surface area (Å²) in [6.07, 6.45) is 7.09. The van der Waals surface area contributed by atoms with Crippen LogP contribution in [-0.2, 0) is 0 Å². The monoisotopic (exact) mass is 349 g/mol. The van der Waals surface area contributed by atoms with Gasteiger partial charge in [-0.2, -0.15) is 0 Å². The Morgan fingerprint density at radius 2 is 1.20 bits per heavy atom. The largest absolute Gasteiger partial charge is 0.302 e. The van der Waals surface area contributed by atoms with Crippen LogP contribution in [0.25, 0.3) is 0 Å². The van der Waals surface area contributed by atoms with Crippen LogP contribution in [0.2, 0.25) is 0 Å². The van der Waals surface area contributed by atoms with Gasteiger partial charge in [-0.1, -0.05) is 0 Å². The van der Waals surface area contributed by atoms with Crippen molar-refractivity contribution in [2.75, 3.05) is 45.8 Å². The van der Waals surface area contributed by atoms with Gasteiger partial charge in [0, 0.05) is 24.2 Å². The maximum absolute atomic E-state index is 2.82. The molecule has 0 aromatic carbocycles. The summed E-state index contributed by atoms with van der Waals surface area (Å²) >= 11 is 0. The third kappa shape index (κ3) is 4.78. The van der Waals surface area contributed by atoms with E-state index in [1.54, 1.807) is 0 Å². The van der Waals surface area contributed by atoms with Crippen LogP contribution in [0.4, 0.5) is 0 Å². The number of nitrogens with zero attached hydrogens (tertiary/aromatic N) is 3. The number of likely N-dealkylation sites (tertiary alicyclic amines) is 3. The molecule has 0 amide bonds. The maximum atomic E-state index is 2.82. The lowest BCUT2D eigenvalue weighted by Crippen LogP contribution is -2.50. The molecule has 3 saturated heterocycles. The van der Waals surface area contributed by atoms with Gasteiger partial charge in [0.25, 0.3) is 0 Å². The molecule has 0 aromatic rings. The second-order valence-corrected chi connectivity index (χ2v) is 11.2. The van der Waals surface area contributed by atoms with E-state index in [0.717, 1.165) is 5.92 Å². The first-order chi connectivity index (χ1) is 11.6. The average Bonchev–Trinajstić information content (AvgIpc) is 2.89. The Bertz CT molecular complexity index is 429. The molecule has 0 saturated carbocycles. The van der Waals surface area contributed by atoms with Gasteiger partial charge in [0.05, 0.1) is 0 Å². The molecule has 0 unspecified atom stereocenters. The van der Waals surface area contributed by atoms with E-state index in [1.807, 2.05) is 0 Å². The van der Waals surface area contributed by atoms with Gasteiger partial charge in [-0.3, -0.25) is 9.80 Å². The van der Waals surface area contributed by atoms with Crippen LogP contribution >= 0.6 is 0 Å². The number of hydrogen-bond acceptors (Lipinski definition) is 3. The van der Waals surface area contributed by atoms with Crippen LogP contribution in [0.1, 0.15) is 73.6 Å². The Hall–Kier alpha value is -0.120. The Kier molecular flexibility index (Phi) is 5.60. The molecular weight excluding hydrogens is 306 g/mol. The van der Waals surface area contributed by atoms with Crippen molar-refractivity contribution in [3.63, 3.8) is 0 Å². The van der Waals surface area contributed by atoms with Crippen LogP contribution in [0.15, 0.2) is 0 Å². The molecular formula is C22H43N3. The lowest BCUT2D eigenvalue weighted by molar-refractivity contribution is 0.0427. The minimum Gasteiger partial charge on any atom is -0.302 e. The first kappa shape index (κ1) is 19.6. The quantitative estimate of drug-likeness (QED) is 0.743. The van der Waals surface area contributed by atoms with E-state index in [9.17, 15) is 0 Å². The summed E-state index contributed by atoms with van der Waals surface area (Å²) in [5.74, 6) is 0.934. The highest BCUT2D eigenvalue weighted by molar-refractivity contribution is 4.96. The fraction of sp³-hybridized carbons (Fsp3) is 1.00. The van der Waals surface area contributed by atoms with Crippen molar-refractivity contribution in [1.82, 2.24) is 14.7 Å². The van der Waals surface area contributed by atoms with E-state index in [4.69, 9.17) is 0 Å². The molecule has 1 spiro atoms. The van der Waals surface area contributed by atoms with Crippen LogP contribution in [0, 0.1) is 11.3 Å². The van der Waals surface area contributed by atoms with Crippen molar-refractivity contribution in [3.05, 3.63) is 0 Å². The predicted octanol–water partition coefficient (Wildman–Crippen LogP) is 4.08. The van der Waals surface area contributed by atoms with E-state index >= 15 is 0 Å². The average molecular weight is 350 g/mol. The predicted molar refractivity (Wildman–Crippen MR) is 108 cm³/mol. The standard InChI is InChI=1S/C22H43N3/c1-20(2,3)24-12-7-19(8-13-24)17-23-14-9-22(18-23)10-15-25(16-11-22)21(4,5)6/h19H,7-18H2,1-6H3. The highest BCUT2D eigenvalue weighted by Gasteiger charge is 2.42. The molecule has 0 aromatic heterocycles. The van der Waals surface area contributed by atoms with E-state index < -0.39 is 0 Å². The van der Waals surface area contributed by atoms with E-state index in [-0.39, 0.29) is 0 Å². The van der Waals surface area contributed by atoms with E-state index in [0.29, 0.717) is 16.5 Å². The Balaban J connectivity index is 1.44. The molecule has 3 heterocycles. The van der Waals surface area contributed by atoms with E-state index in [1.165, 1.54) is 77.9 Å². The smallest absolute Gasteiger partial charge is 0.0125 e. The lowest BCUT2D eigenvalue weighted by atomic mass is 9.77. The second kappa shape index (κ2) is 7.13. The lowest BCUT2D eigenvalue weighted by Gasteiger charge is -2.45. The fourth-order valence-electron chi connectivity index (χ4n) is 5.40. The summed E-state index contributed by atoms with van der Waals surface area (Å²) in [6, 6.07) is 0. The number of hydrogen-bond donors (Lipinski definition) is 0. The zero-order chi connectivity index (χ0) is 18.3. The molecule has 3 aliphatic heterocycles. The van der Waals surface area contributed by atoms with Crippen molar-refractivity contribution in [2.45, 2.75) is 84.7 Å². The maximum Gasteiger partial charge on any atom is 0.0125 e. The third-order valence-corrected chi connectivity index (χ3v) is 7.37. The van der Waals surface area contributed by atoms with Crippen LogP contribution in [0.3, 0.4) is 0 Å². The van der Waals surface area contributed by atoms with Crippen molar-refractivity contribution >= 4 is 0 Å². The molecule has 0 radical (unpaired) electrons. The number of rotatable bonds is 2. The summed E-state index contributed by atoms with van der Waals surface area (Å²) in [5.41, 5.74) is 1.35. The third-order valence-electron chi connectivity index (χ3n) is 7.37. The first-order valence-corrected chi connectivity index (χ1v) is 10.8. The van der Waals surface area contributed by atoms with Crippen LogP contribution < -0.4 is 0 Å². The van der Waals surface area contributed by atoms with Crippen LogP contribution in [-0.4, -0.2) is 71.6 Å². The SMILES string of the molecule is CC(C)(C)N1CCC(CN2CCC3(CCN(C(C)(C)C)CC3)C2)CC1. The van der Waals surface area contributed by atoms with Crippen molar-refractivity contribution < 1.29 is 0 Å². The second-order valence-electron chi connectivity index (χ2n) is 11.2. The highest BCUT2D eigenvalue weighted by atomic mass is 15.2. The van der Waals surface area contributed by atoms with Gasteiger partial charge in [0.15, 0.2) is 0 Å². The normalized spacial score (nSPS) is 28.1. The summed E-state index contributed by atoms with van der Waals surface area (Å²) in [4.78, 5) is 8.20.